The molecule has 0 saturated heterocycles. The Morgan fingerprint density at radius 1 is 1.50 bits per heavy atom. The lowest BCUT2D eigenvalue weighted by molar-refractivity contribution is -0.123. The second-order valence-corrected chi connectivity index (χ2v) is 5.83. The molecule has 98 valence electrons. The zero-order valence-corrected chi connectivity index (χ0v) is 11.7. The Morgan fingerprint density at radius 2 is 2.22 bits per heavy atom. The Hall–Kier alpha value is -0.600. The largest absolute Gasteiger partial charge is 0.394 e. The number of hydrogen-bond acceptors (Lipinski definition) is 5. The molecule has 7 heteroatoms. The quantitative estimate of drug-likeness (QED) is 0.614. The van der Waals surface area contributed by atoms with E-state index in [1.54, 1.807) is 12.1 Å². The predicted octanol–water partition coefficient (Wildman–Crippen LogP) is 0.880. The van der Waals surface area contributed by atoms with Crippen molar-refractivity contribution in [3.8, 4) is 0 Å². The van der Waals surface area contributed by atoms with Gasteiger partial charge in [0.1, 0.15) is 0 Å². The molecule has 0 radical (unpaired) electrons. The number of carbonyl (C=O) groups excluding carboxylic acids is 1. The van der Waals surface area contributed by atoms with Crippen LogP contribution < -0.4 is 5.32 Å². The normalized spacial score (nSPS) is 19.6. The van der Waals surface area contributed by atoms with Gasteiger partial charge in [0.05, 0.1) is 12.7 Å². The maximum absolute atomic E-state index is 11.3. The summed E-state index contributed by atoms with van der Waals surface area (Å²) in [4.78, 5) is 12.1. The number of thioether (sulfide) groups is 1. The summed E-state index contributed by atoms with van der Waals surface area (Å²) < 4.78 is 0.743. The summed E-state index contributed by atoms with van der Waals surface area (Å²) in [5.74, 6) is -0.0841. The maximum Gasteiger partial charge on any atom is 0.257 e. The highest BCUT2D eigenvalue weighted by Gasteiger charge is 2.29. The molecule has 2 unspecified atom stereocenters. The van der Waals surface area contributed by atoms with Crippen LogP contribution in [0.25, 0.3) is 0 Å². The predicted molar refractivity (Wildman–Crippen MR) is 71.5 cm³/mol. The lowest BCUT2D eigenvalue weighted by Crippen LogP contribution is -2.14. The monoisotopic (exact) mass is 333 g/mol. The fourth-order valence-electron chi connectivity index (χ4n) is 1.59. The van der Waals surface area contributed by atoms with Crippen molar-refractivity contribution in [1.29, 1.82) is 0 Å². The fraction of sp³-hybridized carbons (Fsp3) is 0.364. The molecule has 1 heterocycles. The molecular formula is C11H12BrNO4S. The van der Waals surface area contributed by atoms with E-state index >= 15 is 0 Å². The number of anilines is 1. The van der Waals surface area contributed by atoms with Crippen molar-refractivity contribution in [2.24, 2.45) is 0 Å². The van der Waals surface area contributed by atoms with Crippen molar-refractivity contribution < 1.29 is 20.1 Å². The molecular weight excluding hydrogens is 322 g/mol. The van der Waals surface area contributed by atoms with Crippen molar-refractivity contribution >= 4 is 39.3 Å². The molecule has 0 fully saturated rings. The highest BCUT2D eigenvalue weighted by molar-refractivity contribution is 9.10. The van der Waals surface area contributed by atoms with Crippen molar-refractivity contribution in [2.75, 3.05) is 17.7 Å². The van der Waals surface area contributed by atoms with E-state index < -0.39 is 18.1 Å². The topological polar surface area (TPSA) is 89.8 Å². The average molecular weight is 334 g/mol. The molecule has 0 aliphatic carbocycles. The standard InChI is InChI=1S/C11H12BrNO4S/c12-7-1-6-8(13-11(17)10(6)16)2-9(7)18-4-5(15)3-14/h1-2,5,10,14-16H,3-4H2,(H,13,17). The minimum Gasteiger partial charge on any atom is -0.394 e. The first-order chi connectivity index (χ1) is 8.52. The molecule has 1 aliphatic rings. The van der Waals surface area contributed by atoms with Gasteiger partial charge >= 0.3 is 0 Å². The SMILES string of the molecule is O=C1Nc2cc(SCC(O)CO)c(Br)cc2C1O. The van der Waals surface area contributed by atoms with E-state index in [0.29, 0.717) is 17.0 Å². The van der Waals surface area contributed by atoms with Crippen LogP contribution in [0.15, 0.2) is 21.5 Å². The fourth-order valence-corrected chi connectivity index (χ4v) is 3.17. The van der Waals surface area contributed by atoms with Gasteiger partial charge in [-0.3, -0.25) is 4.79 Å². The first kappa shape index (κ1) is 13.8. The van der Waals surface area contributed by atoms with Crippen LogP contribution in [-0.4, -0.2) is 39.7 Å². The summed E-state index contributed by atoms with van der Waals surface area (Å²) >= 11 is 4.71. The molecule has 0 saturated carbocycles. The Balaban J connectivity index is 2.19. The maximum atomic E-state index is 11.3. The van der Waals surface area contributed by atoms with E-state index in [-0.39, 0.29) is 6.61 Å². The van der Waals surface area contributed by atoms with Crippen molar-refractivity contribution in [3.05, 3.63) is 22.2 Å². The van der Waals surface area contributed by atoms with Gasteiger partial charge < -0.3 is 20.6 Å². The van der Waals surface area contributed by atoms with Crippen molar-refractivity contribution in [2.45, 2.75) is 17.1 Å². The number of carbonyl (C=O) groups is 1. The average Bonchev–Trinajstić information content (AvgIpc) is 2.62. The van der Waals surface area contributed by atoms with Crippen molar-refractivity contribution in [1.82, 2.24) is 0 Å². The van der Waals surface area contributed by atoms with Crippen LogP contribution in [0.4, 0.5) is 5.69 Å². The molecule has 2 rings (SSSR count). The third-order valence-corrected chi connectivity index (χ3v) is 4.67. The Bertz CT molecular complexity index is 482. The van der Waals surface area contributed by atoms with Crippen LogP contribution in [0, 0.1) is 0 Å². The molecule has 1 aromatic carbocycles. The third-order valence-electron chi connectivity index (χ3n) is 2.55. The number of amides is 1. The van der Waals surface area contributed by atoms with Gasteiger partial charge in [-0.1, -0.05) is 0 Å². The molecule has 0 spiro atoms. The molecule has 5 nitrogen and oxygen atoms in total. The molecule has 0 aromatic heterocycles. The van der Waals surface area contributed by atoms with Gasteiger partial charge in [0.15, 0.2) is 6.10 Å². The summed E-state index contributed by atoms with van der Waals surface area (Å²) in [6.07, 6.45) is -1.91. The number of aliphatic hydroxyl groups is 3. The van der Waals surface area contributed by atoms with Gasteiger partial charge in [0.25, 0.3) is 5.91 Å². The number of halogens is 1. The third kappa shape index (κ3) is 2.70. The van der Waals surface area contributed by atoms with Gasteiger partial charge in [0, 0.05) is 26.4 Å². The van der Waals surface area contributed by atoms with Crippen molar-refractivity contribution in [3.63, 3.8) is 0 Å². The molecule has 18 heavy (non-hydrogen) atoms. The summed E-state index contributed by atoms with van der Waals surface area (Å²) in [6.45, 7) is -0.287. The van der Waals surface area contributed by atoms with Crippen LogP contribution in [0.3, 0.4) is 0 Å². The second kappa shape index (κ2) is 5.58. The van der Waals surface area contributed by atoms with E-state index in [0.717, 1.165) is 9.37 Å². The molecule has 0 bridgehead atoms. The number of aliphatic hydroxyl groups excluding tert-OH is 3. The number of benzene rings is 1. The van der Waals surface area contributed by atoms with Gasteiger partial charge in [-0.25, -0.2) is 0 Å². The number of rotatable bonds is 4. The van der Waals surface area contributed by atoms with Crippen LogP contribution >= 0.6 is 27.7 Å². The molecule has 4 N–H and O–H groups in total. The van der Waals surface area contributed by atoms with Crippen LogP contribution in [-0.2, 0) is 4.79 Å². The molecule has 1 amide bonds. The highest BCUT2D eigenvalue weighted by Crippen LogP contribution is 2.39. The van der Waals surface area contributed by atoms with Gasteiger partial charge in [-0.15, -0.1) is 11.8 Å². The van der Waals surface area contributed by atoms with E-state index in [9.17, 15) is 15.0 Å². The van der Waals surface area contributed by atoms with Gasteiger partial charge in [0.2, 0.25) is 0 Å². The van der Waals surface area contributed by atoms with Gasteiger partial charge in [-0.2, -0.15) is 0 Å². The smallest absolute Gasteiger partial charge is 0.257 e. The second-order valence-electron chi connectivity index (χ2n) is 3.91. The first-order valence-corrected chi connectivity index (χ1v) is 7.05. The van der Waals surface area contributed by atoms with Crippen LogP contribution in [0.5, 0.6) is 0 Å². The van der Waals surface area contributed by atoms with Crippen LogP contribution in [0.2, 0.25) is 0 Å². The Kier molecular flexibility index (Phi) is 4.29. The summed E-state index contributed by atoms with van der Waals surface area (Å²) in [5.41, 5.74) is 1.12. The lowest BCUT2D eigenvalue weighted by Gasteiger charge is -2.10. The number of hydrogen-bond donors (Lipinski definition) is 4. The minimum atomic E-state index is -1.13. The summed E-state index contributed by atoms with van der Waals surface area (Å²) in [5, 5.41) is 30.2. The number of nitrogens with one attached hydrogen (secondary N) is 1. The van der Waals surface area contributed by atoms with E-state index in [1.807, 2.05) is 0 Å². The summed E-state index contributed by atoms with van der Waals surface area (Å²) in [7, 11) is 0. The van der Waals surface area contributed by atoms with E-state index in [4.69, 9.17) is 5.11 Å². The lowest BCUT2D eigenvalue weighted by atomic mass is 10.1. The first-order valence-electron chi connectivity index (χ1n) is 5.27. The zero-order valence-electron chi connectivity index (χ0n) is 9.26. The number of fused-ring (bicyclic) bond motifs is 1. The molecule has 1 aliphatic heterocycles. The molecule has 1 aromatic rings. The minimum absolute atomic E-state index is 0.287. The van der Waals surface area contributed by atoms with Crippen LogP contribution in [0.1, 0.15) is 11.7 Å². The van der Waals surface area contributed by atoms with Gasteiger partial charge in [-0.05, 0) is 28.1 Å². The molecule has 2 atom stereocenters. The zero-order chi connectivity index (χ0) is 13.3. The summed E-state index contributed by atoms with van der Waals surface area (Å²) in [6, 6.07) is 3.42. The Labute approximate surface area is 116 Å². The Morgan fingerprint density at radius 3 is 2.89 bits per heavy atom. The van der Waals surface area contributed by atoms with E-state index in [2.05, 4.69) is 21.2 Å². The highest BCUT2D eigenvalue weighted by atomic mass is 79.9. The van der Waals surface area contributed by atoms with E-state index in [1.165, 1.54) is 11.8 Å².